The standard InChI is InChI=1S/C65H104O5/c1-3-5-7-9-11-13-15-17-19-21-23-25-27-28-29-30-31-32-33-34-35-36-38-39-41-43-45-47-49-51-53-55-57-59-64(67)69-62-63(61-66)70-65(68)60-58-56-54-52-50-48-46-44-42-40-37-26-24-22-20-18-16-14-12-10-8-6-4-2/h5-8,11-14,17-20,23-26,28-29,40,42,46,48,52,54,63,66H,3-4,9-10,15-16,21-22,27,30-39,41,43-45,47,49-51,53,55-62H2,1-2H3/b7-5-,8-6-,13-11-,14-12-,19-17-,20-18-,25-23-,26-24-,29-28-,42-40-,48-46-,54-52-. The van der Waals surface area contributed by atoms with Crippen LogP contribution in [0.25, 0.3) is 0 Å². The first kappa shape index (κ1) is 65.8. The summed E-state index contributed by atoms with van der Waals surface area (Å²) in [4.78, 5) is 24.5. The molecule has 70 heavy (non-hydrogen) atoms. The second kappa shape index (κ2) is 59.1. The molecule has 5 heteroatoms. The molecule has 0 saturated carbocycles. The van der Waals surface area contributed by atoms with Crippen molar-refractivity contribution in [2.75, 3.05) is 13.2 Å². The molecule has 0 radical (unpaired) electrons. The maximum absolute atomic E-state index is 12.3. The van der Waals surface area contributed by atoms with E-state index in [0.717, 1.165) is 103 Å². The molecule has 0 aliphatic rings. The van der Waals surface area contributed by atoms with Crippen LogP contribution >= 0.6 is 0 Å². The second-order valence-corrected chi connectivity index (χ2v) is 18.2. The van der Waals surface area contributed by atoms with Crippen LogP contribution in [-0.2, 0) is 19.1 Å². The van der Waals surface area contributed by atoms with Gasteiger partial charge in [0, 0.05) is 12.8 Å². The second-order valence-electron chi connectivity index (χ2n) is 18.2. The van der Waals surface area contributed by atoms with Gasteiger partial charge in [-0.2, -0.15) is 0 Å². The van der Waals surface area contributed by atoms with Crippen LogP contribution in [0.4, 0.5) is 0 Å². The number of allylic oxidation sites excluding steroid dienone is 24. The Hall–Kier alpha value is -4.22. The van der Waals surface area contributed by atoms with Gasteiger partial charge < -0.3 is 14.6 Å². The lowest BCUT2D eigenvalue weighted by Crippen LogP contribution is -2.28. The number of ether oxygens (including phenoxy) is 2. The first-order valence-corrected chi connectivity index (χ1v) is 28.4. The van der Waals surface area contributed by atoms with Crippen LogP contribution in [-0.4, -0.2) is 36.4 Å². The number of rotatable bonds is 50. The summed E-state index contributed by atoms with van der Waals surface area (Å²) in [6.07, 6.45) is 89.7. The Morgan fingerprint density at radius 3 is 0.900 bits per heavy atom. The van der Waals surface area contributed by atoms with Crippen LogP contribution in [0.2, 0.25) is 0 Å². The van der Waals surface area contributed by atoms with E-state index in [1.165, 1.54) is 96.3 Å². The van der Waals surface area contributed by atoms with Gasteiger partial charge in [0.1, 0.15) is 6.61 Å². The number of aliphatic hydroxyl groups excluding tert-OH is 1. The summed E-state index contributed by atoms with van der Waals surface area (Å²) in [5, 5.41) is 9.64. The Balaban J connectivity index is 3.58. The van der Waals surface area contributed by atoms with Crippen molar-refractivity contribution < 1.29 is 24.2 Å². The highest BCUT2D eigenvalue weighted by Crippen LogP contribution is 2.15. The molecule has 0 heterocycles. The van der Waals surface area contributed by atoms with Crippen molar-refractivity contribution in [3.05, 3.63) is 146 Å². The summed E-state index contributed by atoms with van der Waals surface area (Å²) in [7, 11) is 0. The van der Waals surface area contributed by atoms with E-state index in [0.29, 0.717) is 12.8 Å². The third-order valence-electron chi connectivity index (χ3n) is 11.6. The monoisotopic (exact) mass is 965 g/mol. The predicted molar refractivity (Wildman–Crippen MR) is 306 cm³/mol. The van der Waals surface area contributed by atoms with Crippen LogP contribution in [0.15, 0.2) is 146 Å². The van der Waals surface area contributed by atoms with E-state index in [1.54, 1.807) is 0 Å². The summed E-state index contributed by atoms with van der Waals surface area (Å²) in [5.74, 6) is -0.666. The smallest absolute Gasteiger partial charge is 0.306 e. The van der Waals surface area contributed by atoms with Crippen molar-refractivity contribution in [2.24, 2.45) is 0 Å². The summed E-state index contributed by atoms with van der Waals surface area (Å²) >= 11 is 0. The van der Waals surface area contributed by atoms with E-state index in [-0.39, 0.29) is 31.6 Å². The number of aliphatic hydroxyl groups is 1. The van der Waals surface area contributed by atoms with Crippen molar-refractivity contribution in [2.45, 2.75) is 238 Å². The average Bonchev–Trinajstić information content (AvgIpc) is 3.36. The zero-order valence-corrected chi connectivity index (χ0v) is 45.0. The Morgan fingerprint density at radius 1 is 0.329 bits per heavy atom. The predicted octanol–water partition coefficient (Wildman–Crippen LogP) is 19.4. The minimum Gasteiger partial charge on any atom is -0.462 e. The molecule has 0 aliphatic heterocycles. The average molecular weight is 966 g/mol. The normalized spacial score (nSPS) is 13.4. The van der Waals surface area contributed by atoms with E-state index in [9.17, 15) is 14.7 Å². The Kier molecular flexibility index (Phi) is 55.5. The molecule has 0 aromatic heterocycles. The molecule has 0 amide bonds. The van der Waals surface area contributed by atoms with Crippen molar-refractivity contribution >= 4 is 11.9 Å². The number of carbonyl (C=O) groups is 2. The van der Waals surface area contributed by atoms with Crippen molar-refractivity contribution in [3.8, 4) is 0 Å². The minimum atomic E-state index is -0.813. The highest BCUT2D eigenvalue weighted by atomic mass is 16.6. The topological polar surface area (TPSA) is 72.8 Å². The molecule has 394 valence electrons. The van der Waals surface area contributed by atoms with Gasteiger partial charge in [-0.1, -0.05) is 256 Å². The van der Waals surface area contributed by atoms with E-state index in [4.69, 9.17) is 9.47 Å². The lowest BCUT2D eigenvalue weighted by molar-refractivity contribution is -0.161. The van der Waals surface area contributed by atoms with Gasteiger partial charge in [-0.25, -0.2) is 0 Å². The third-order valence-corrected chi connectivity index (χ3v) is 11.6. The number of unbranched alkanes of at least 4 members (excludes halogenated alkanes) is 18. The van der Waals surface area contributed by atoms with Crippen molar-refractivity contribution in [1.29, 1.82) is 0 Å². The largest absolute Gasteiger partial charge is 0.462 e. The van der Waals surface area contributed by atoms with Crippen molar-refractivity contribution in [1.82, 2.24) is 0 Å². The fourth-order valence-corrected chi connectivity index (χ4v) is 7.45. The molecule has 0 aromatic carbocycles. The lowest BCUT2D eigenvalue weighted by atomic mass is 10.0. The number of hydrogen-bond acceptors (Lipinski definition) is 5. The molecular weight excluding hydrogens is 861 g/mol. The zero-order chi connectivity index (χ0) is 50.6. The molecule has 0 fully saturated rings. The molecule has 0 bridgehead atoms. The highest BCUT2D eigenvalue weighted by molar-refractivity contribution is 5.70. The highest BCUT2D eigenvalue weighted by Gasteiger charge is 2.16. The van der Waals surface area contributed by atoms with Gasteiger partial charge in [0.05, 0.1) is 6.61 Å². The maximum Gasteiger partial charge on any atom is 0.306 e. The van der Waals surface area contributed by atoms with Crippen LogP contribution in [0, 0.1) is 0 Å². The van der Waals surface area contributed by atoms with E-state index in [1.807, 2.05) is 0 Å². The minimum absolute atomic E-state index is 0.0968. The van der Waals surface area contributed by atoms with E-state index >= 15 is 0 Å². The Bertz CT molecular complexity index is 1510. The van der Waals surface area contributed by atoms with Crippen molar-refractivity contribution in [3.63, 3.8) is 0 Å². The first-order chi connectivity index (χ1) is 34.6. The summed E-state index contributed by atoms with van der Waals surface area (Å²) in [6, 6.07) is 0. The van der Waals surface area contributed by atoms with E-state index in [2.05, 4.69) is 160 Å². The summed E-state index contributed by atoms with van der Waals surface area (Å²) < 4.78 is 10.7. The molecule has 1 unspecified atom stereocenters. The van der Waals surface area contributed by atoms with Gasteiger partial charge in [0.25, 0.3) is 0 Å². The molecule has 0 spiro atoms. The lowest BCUT2D eigenvalue weighted by Gasteiger charge is -2.15. The molecule has 1 N–H and O–H groups in total. The van der Waals surface area contributed by atoms with Gasteiger partial charge in [-0.15, -0.1) is 0 Å². The molecule has 5 nitrogen and oxygen atoms in total. The zero-order valence-electron chi connectivity index (χ0n) is 45.0. The number of esters is 2. The van der Waals surface area contributed by atoms with Crippen LogP contribution in [0.5, 0.6) is 0 Å². The van der Waals surface area contributed by atoms with Crippen LogP contribution in [0.1, 0.15) is 232 Å². The fraction of sp³-hybridized carbons (Fsp3) is 0.600. The maximum atomic E-state index is 12.3. The Labute approximate surface area is 431 Å². The van der Waals surface area contributed by atoms with Gasteiger partial charge in [0.15, 0.2) is 6.10 Å². The van der Waals surface area contributed by atoms with Gasteiger partial charge in [-0.05, 0) is 109 Å². The molecule has 0 rings (SSSR count). The van der Waals surface area contributed by atoms with Gasteiger partial charge >= 0.3 is 11.9 Å². The molecule has 0 aromatic rings. The molecule has 0 saturated heterocycles. The first-order valence-electron chi connectivity index (χ1n) is 28.4. The molecule has 0 aliphatic carbocycles. The summed E-state index contributed by atoms with van der Waals surface area (Å²) in [6.45, 7) is 3.86. The van der Waals surface area contributed by atoms with Gasteiger partial charge in [0.2, 0.25) is 0 Å². The summed E-state index contributed by atoms with van der Waals surface area (Å²) in [5.41, 5.74) is 0. The third kappa shape index (κ3) is 56.4. The fourth-order valence-electron chi connectivity index (χ4n) is 7.45. The van der Waals surface area contributed by atoms with Crippen LogP contribution in [0.3, 0.4) is 0 Å². The van der Waals surface area contributed by atoms with E-state index < -0.39 is 6.10 Å². The quantitative estimate of drug-likeness (QED) is 0.0374. The number of hydrogen-bond donors (Lipinski definition) is 1. The molecule has 1 atom stereocenters. The number of carbonyl (C=O) groups excluding carboxylic acids is 2. The Morgan fingerprint density at radius 2 is 0.586 bits per heavy atom. The SMILES string of the molecule is CC/C=C\C/C=C\C/C=C\C/C=C\C/C=C\C/C=C\C/C=C\CCCC(=O)OC(CO)COC(=O)CCCCCCCCCCCCCCCCCCC/C=C\C/C=C\C/C=C\C/C=C\C/C=C\CC. The molecular formula is C65H104O5. The van der Waals surface area contributed by atoms with Gasteiger partial charge in [-0.3, -0.25) is 9.59 Å². The van der Waals surface area contributed by atoms with Crippen LogP contribution < -0.4 is 0 Å².